The van der Waals surface area contributed by atoms with Crippen molar-refractivity contribution in [1.82, 2.24) is 10.6 Å². The van der Waals surface area contributed by atoms with Gasteiger partial charge in [0.2, 0.25) is 0 Å². The lowest BCUT2D eigenvalue weighted by molar-refractivity contribution is -0.386. The SMILES string of the molecule is NNC(=O)c1cc(COc2ccc(Br)cc2[N+](=O)[O-])on1. The molecule has 0 atom stereocenters. The average molecular weight is 357 g/mol. The molecule has 10 heteroatoms. The summed E-state index contributed by atoms with van der Waals surface area (Å²) in [6.45, 7) is -0.118. The fourth-order valence-corrected chi connectivity index (χ4v) is 1.82. The van der Waals surface area contributed by atoms with Crippen LogP contribution in [0.2, 0.25) is 0 Å². The van der Waals surface area contributed by atoms with Crippen LogP contribution >= 0.6 is 15.9 Å². The Labute approximate surface area is 126 Å². The molecule has 1 amide bonds. The summed E-state index contributed by atoms with van der Waals surface area (Å²) in [5, 5.41) is 14.4. The highest BCUT2D eigenvalue weighted by Gasteiger charge is 2.17. The number of carbonyl (C=O) groups excluding carboxylic acids is 1. The molecule has 2 aromatic rings. The standard InChI is InChI=1S/C11H9BrN4O5/c12-6-1-2-10(9(3-6)16(18)19)20-5-7-4-8(15-21-7)11(17)14-13/h1-4H,5,13H2,(H,14,17). The van der Waals surface area contributed by atoms with Crippen LogP contribution in [0.4, 0.5) is 5.69 Å². The number of halogens is 1. The second kappa shape index (κ2) is 6.33. The van der Waals surface area contributed by atoms with Gasteiger partial charge in [-0.2, -0.15) is 0 Å². The zero-order chi connectivity index (χ0) is 15.4. The lowest BCUT2D eigenvalue weighted by atomic mass is 10.3. The van der Waals surface area contributed by atoms with E-state index < -0.39 is 10.8 Å². The smallest absolute Gasteiger partial charge is 0.312 e. The molecule has 0 aliphatic carbocycles. The van der Waals surface area contributed by atoms with Gasteiger partial charge < -0.3 is 9.26 Å². The largest absolute Gasteiger partial charge is 0.479 e. The highest BCUT2D eigenvalue weighted by atomic mass is 79.9. The third-order valence-corrected chi connectivity index (χ3v) is 2.90. The maximum absolute atomic E-state index is 11.2. The molecule has 0 bridgehead atoms. The summed E-state index contributed by atoms with van der Waals surface area (Å²) in [4.78, 5) is 21.5. The fourth-order valence-electron chi connectivity index (χ4n) is 1.47. The molecule has 0 radical (unpaired) electrons. The molecule has 1 aromatic carbocycles. The van der Waals surface area contributed by atoms with E-state index in [9.17, 15) is 14.9 Å². The van der Waals surface area contributed by atoms with Crippen molar-refractivity contribution in [1.29, 1.82) is 0 Å². The van der Waals surface area contributed by atoms with Crippen molar-refractivity contribution in [2.75, 3.05) is 0 Å². The van der Waals surface area contributed by atoms with E-state index in [-0.39, 0.29) is 29.5 Å². The molecule has 0 saturated carbocycles. The highest BCUT2D eigenvalue weighted by Crippen LogP contribution is 2.30. The van der Waals surface area contributed by atoms with Gasteiger partial charge in [-0.25, -0.2) is 5.84 Å². The van der Waals surface area contributed by atoms with Crippen LogP contribution in [-0.2, 0) is 6.61 Å². The van der Waals surface area contributed by atoms with E-state index in [0.717, 1.165) is 0 Å². The molecule has 2 rings (SSSR count). The van der Waals surface area contributed by atoms with Crippen molar-refractivity contribution in [3.63, 3.8) is 0 Å². The quantitative estimate of drug-likeness (QED) is 0.359. The molecule has 1 aromatic heterocycles. The van der Waals surface area contributed by atoms with Crippen molar-refractivity contribution in [3.05, 3.63) is 50.3 Å². The van der Waals surface area contributed by atoms with Crippen molar-refractivity contribution in [3.8, 4) is 5.75 Å². The molecular weight excluding hydrogens is 348 g/mol. The highest BCUT2D eigenvalue weighted by molar-refractivity contribution is 9.10. The van der Waals surface area contributed by atoms with E-state index in [1.54, 1.807) is 6.07 Å². The summed E-state index contributed by atoms with van der Waals surface area (Å²) in [7, 11) is 0. The Kier molecular flexibility index (Phi) is 4.50. The number of aromatic nitrogens is 1. The number of nitrogens with zero attached hydrogens (tertiary/aromatic N) is 2. The number of hydrazine groups is 1. The number of nitrogen functional groups attached to an aromatic ring is 1. The van der Waals surface area contributed by atoms with Crippen LogP contribution in [0, 0.1) is 10.1 Å². The van der Waals surface area contributed by atoms with Gasteiger partial charge in [0.1, 0.15) is 6.61 Å². The molecule has 21 heavy (non-hydrogen) atoms. The van der Waals surface area contributed by atoms with Crippen molar-refractivity contribution >= 4 is 27.5 Å². The van der Waals surface area contributed by atoms with Crippen molar-refractivity contribution in [2.45, 2.75) is 6.61 Å². The molecule has 110 valence electrons. The summed E-state index contributed by atoms with van der Waals surface area (Å²) in [5.41, 5.74) is 1.70. The number of carbonyl (C=O) groups is 1. The molecule has 0 aliphatic heterocycles. The summed E-state index contributed by atoms with van der Waals surface area (Å²) >= 11 is 3.14. The third-order valence-electron chi connectivity index (χ3n) is 2.41. The van der Waals surface area contributed by atoms with Gasteiger partial charge in [-0.05, 0) is 12.1 Å². The number of hydrogen-bond acceptors (Lipinski definition) is 7. The zero-order valence-electron chi connectivity index (χ0n) is 10.4. The molecular formula is C11H9BrN4O5. The third kappa shape index (κ3) is 3.55. The summed E-state index contributed by atoms with van der Waals surface area (Å²) in [6, 6.07) is 5.71. The van der Waals surface area contributed by atoms with Crippen LogP contribution in [-0.4, -0.2) is 16.0 Å². The van der Waals surface area contributed by atoms with Gasteiger partial charge >= 0.3 is 5.69 Å². The molecule has 0 fully saturated rings. The van der Waals surface area contributed by atoms with E-state index in [1.807, 2.05) is 5.43 Å². The summed E-state index contributed by atoms with van der Waals surface area (Å²) < 4.78 is 10.7. The van der Waals surface area contributed by atoms with E-state index in [0.29, 0.717) is 4.47 Å². The number of nitrogens with two attached hydrogens (primary N) is 1. The van der Waals surface area contributed by atoms with E-state index in [2.05, 4.69) is 21.1 Å². The molecule has 0 aliphatic rings. The topological polar surface area (TPSA) is 134 Å². The van der Waals surface area contributed by atoms with Crippen molar-refractivity contribution in [2.24, 2.45) is 5.84 Å². The second-order valence-corrected chi connectivity index (χ2v) is 4.73. The van der Waals surface area contributed by atoms with Crippen LogP contribution in [0.15, 0.2) is 33.3 Å². The predicted octanol–water partition coefficient (Wildman–Crippen LogP) is 1.53. The van der Waals surface area contributed by atoms with Crippen LogP contribution in [0.1, 0.15) is 16.2 Å². The molecule has 0 saturated heterocycles. The van der Waals surface area contributed by atoms with Crippen LogP contribution in [0.5, 0.6) is 5.75 Å². The number of ether oxygens (including phenoxy) is 1. The summed E-state index contributed by atoms with van der Waals surface area (Å²) in [6.07, 6.45) is 0. The fraction of sp³-hybridized carbons (Fsp3) is 0.0909. The van der Waals surface area contributed by atoms with Gasteiger partial charge in [0.15, 0.2) is 17.2 Å². The van der Waals surface area contributed by atoms with Crippen molar-refractivity contribution < 1.29 is 19.0 Å². The monoisotopic (exact) mass is 356 g/mol. The Morgan fingerprint density at radius 1 is 1.52 bits per heavy atom. The lowest BCUT2D eigenvalue weighted by Crippen LogP contribution is -2.30. The van der Waals surface area contributed by atoms with Gasteiger partial charge in [-0.1, -0.05) is 21.1 Å². The molecule has 3 N–H and O–H groups in total. The van der Waals surface area contributed by atoms with E-state index in [1.165, 1.54) is 18.2 Å². The van der Waals surface area contributed by atoms with Gasteiger partial charge in [0.25, 0.3) is 5.91 Å². The Morgan fingerprint density at radius 2 is 2.29 bits per heavy atom. The Balaban J connectivity index is 2.11. The number of nitrogens with one attached hydrogen (secondary N) is 1. The number of nitro groups is 1. The number of amides is 1. The molecule has 1 heterocycles. The first-order valence-electron chi connectivity index (χ1n) is 5.54. The number of rotatable bonds is 5. The molecule has 9 nitrogen and oxygen atoms in total. The van der Waals surface area contributed by atoms with Crippen LogP contribution in [0.25, 0.3) is 0 Å². The maximum Gasteiger partial charge on any atom is 0.312 e. The predicted molar refractivity (Wildman–Crippen MR) is 73.3 cm³/mol. The minimum Gasteiger partial charge on any atom is -0.479 e. The zero-order valence-corrected chi connectivity index (χ0v) is 12.0. The van der Waals surface area contributed by atoms with Gasteiger partial charge in [-0.15, -0.1) is 0 Å². The van der Waals surface area contributed by atoms with Gasteiger partial charge in [-0.3, -0.25) is 20.3 Å². The number of benzene rings is 1. The Morgan fingerprint density at radius 3 is 2.95 bits per heavy atom. The van der Waals surface area contributed by atoms with E-state index >= 15 is 0 Å². The second-order valence-electron chi connectivity index (χ2n) is 3.81. The van der Waals surface area contributed by atoms with Crippen LogP contribution < -0.4 is 16.0 Å². The summed E-state index contributed by atoms with van der Waals surface area (Å²) in [5.74, 6) is 4.64. The first kappa shape index (κ1) is 14.9. The first-order valence-corrected chi connectivity index (χ1v) is 6.34. The molecule has 0 unspecified atom stereocenters. The molecule has 0 spiro atoms. The van der Waals surface area contributed by atoms with Gasteiger partial charge in [0, 0.05) is 16.6 Å². The first-order chi connectivity index (χ1) is 10.0. The van der Waals surface area contributed by atoms with E-state index in [4.69, 9.17) is 15.1 Å². The maximum atomic E-state index is 11.2. The van der Waals surface area contributed by atoms with Gasteiger partial charge in [0.05, 0.1) is 4.92 Å². The minimum absolute atomic E-state index is 0.0126. The normalized spacial score (nSPS) is 10.2. The number of nitro benzene ring substituents is 1. The van der Waals surface area contributed by atoms with Crippen LogP contribution in [0.3, 0.4) is 0 Å². The Bertz CT molecular complexity index is 687. The average Bonchev–Trinajstić information content (AvgIpc) is 2.93. The number of hydrogen-bond donors (Lipinski definition) is 2. The Hall–Kier alpha value is -2.46. The lowest BCUT2D eigenvalue weighted by Gasteiger charge is -2.04. The minimum atomic E-state index is -0.611.